The van der Waals surface area contributed by atoms with Crippen molar-refractivity contribution in [1.29, 1.82) is 0 Å². The summed E-state index contributed by atoms with van der Waals surface area (Å²) in [4.78, 5) is 5.17. The van der Waals surface area contributed by atoms with Crippen LogP contribution in [-0.4, -0.2) is 10.3 Å². The van der Waals surface area contributed by atoms with Gasteiger partial charge in [0, 0.05) is 10.2 Å². The molecule has 0 radical (unpaired) electrons. The Kier molecular flexibility index (Phi) is 3.82. The second-order valence-corrected chi connectivity index (χ2v) is 4.47. The largest absolute Gasteiger partial charge is 0.233 e. The van der Waals surface area contributed by atoms with Crippen molar-refractivity contribution in [3.05, 3.63) is 15.5 Å². The first-order valence-electron chi connectivity index (χ1n) is 3.38. The minimum atomic E-state index is 0.632. The highest BCUT2D eigenvalue weighted by Gasteiger charge is 2.07. The van der Waals surface area contributed by atoms with Gasteiger partial charge >= 0.3 is 0 Å². The highest BCUT2D eigenvalue weighted by molar-refractivity contribution is 9.09. The van der Waals surface area contributed by atoms with Crippen LogP contribution in [0.15, 0.2) is 5.51 Å². The Balaban J connectivity index is 2.56. The fourth-order valence-electron chi connectivity index (χ4n) is 0.760. The molecular weight excluding hydrogens is 246 g/mol. The molecule has 1 aromatic heterocycles. The summed E-state index contributed by atoms with van der Waals surface area (Å²) in [6, 6.07) is 0. The van der Waals surface area contributed by atoms with Gasteiger partial charge in [-0.3, -0.25) is 0 Å². The fraction of sp³-hybridized carbons (Fsp3) is 0.571. The number of hydrogen-bond donors (Lipinski definition) is 0. The van der Waals surface area contributed by atoms with Crippen LogP contribution >= 0.6 is 38.9 Å². The molecule has 0 N–H and O–H groups in total. The molecule has 0 aliphatic heterocycles. The molecule has 1 rings (SSSR count). The van der Waals surface area contributed by atoms with E-state index in [4.69, 9.17) is 11.6 Å². The van der Waals surface area contributed by atoms with Crippen molar-refractivity contribution in [1.82, 2.24) is 4.98 Å². The zero-order chi connectivity index (χ0) is 8.27. The highest BCUT2D eigenvalue weighted by atomic mass is 79.9. The molecule has 11 heavy (non-hydrogen) atoms. The molecule has 0 aliphatic rings. The average Bonchev–Trinajstić information content (AvgIpc) is 2.37. The Morgan fingerprint density at radius 2 is 2.55 bits per heavy atom. The van der Waals surface area contributed by atoms with E-state index in [1.165, 1.54) is 4.88 Å². The Hall–Kier alpha value is 0.400. The molecule has 1 heterocycles. The third-order valence-electron chi connectivity index (χ3n) is 1.39. The number of nitrogens with zero attached hydrogens (tertiary/aromatic N) is 1. The van der Waals surface area contributed by atoms with Gasteiger partial charge in [-0.15, -0.1) is 11.3 Å². The molecule has 1 unspecified atom stereocenters. The lowest BCUT2D eigenvalue weighted by Crippen LogP contribution is -1.98. The first kappa shape index (κ1) is 9.49. The average molecular weight is 255 g/mol. The van der Waals surface area contributed by atoms with Crippen molar-refractivity contribution < 1.29 is 0 Å². The van der Waals surface area contributed by atoms with Crippen LogP contribution in [-0.2, 0) is 6.42 Å². The summed E-state index contributed by atoms with van der Waals surface area (Å²) >= 11 is 10.9. The highest BCUT2D eigenvalue weighted by Crippen LogP contribution is 2.22. The van der Waals surface area contributed by atoms with E-state index in [0.29, 0.717) is 11.1 Å². The van der Waals surface area contributed by atoms with Crippen LogP contribution in [0.25, 0.3) is 0 Å². The van der Waals surface area contributed by atoms with Crippen LogP contribution in [0.5, 0.6) is 0 Å². The molecule has 0 fully saturated rings. The quantitative estimate of drug-likeness (QED) is 0.754. The summed E-state index contributed by atoms with van der Waals surface area (Å²) in [6.07, 6.45) is 1.02. The van der Waals surface area contributed by atoms with Gasteiger partial charge in [-0.25, -0.2) is 4.98 Å². The van der Waals surface area contributed by atoms with Crippen LogP contribution in [0.4, 0.5) is 0 Å². The van der Waals surface area contributed by atoms with E-state index in [-0.39, 0.29) is 0 Å². The molecule has 1 atom stereocenters. The third kappa shape index (κ3) is 2.73. The molecule has 0 bridgehead atoms. The Morgan fingerprint density at radius 3 is 3.00 bits per heavy atom. The molecular formula is C7H9BrClNS. The number of halogens is 2. The zero-order valence-corrected chi connectivity index (χ0v) is 9.34. The number of thiazole rings is 1. The molecule has 1 aromatic rings. The smallest absolute Gasteiger partial charge is 0.143 e. The summed E-state index contributed by atoms with van der Waals surface area (Å²) < 4.78 is 0. The lowest BCUT2D eigenvalue weighted by atomic mass is 10.1. The second kappa shape index (κ2) is 4.43. The van der Waals surface area contributed by atoms with Gasteiger partial charge < -0.3 is 0 Å². The van der Waals surface area contributed by atoms with E-state index in [2.05, 4.69) is 27.8 Å². The topological polar surface area (TPSA) is 12.9 Å². The number of aromatic nitrogens is 1. The summed E-state index contributed by atoms with van der Waals surface area (Å²) in [5.41, 5.74) is 1.79. The minimum Gasteiger partial charge on any atom is -0.233 e. The molecule has 4 heteroatoms. The fourth-order valence-corrected chi connectivity index (χ4v) is 2.12. The zero-order valence-electron chi connectivity index (χ0n) is 6.18. The first-order valence-corrected chi connectivity index (χ1v) is 5.75. The summed E-state index contributed by atoms with van der Waals surface area (Å²) in [5.74, 6) is 0.632. The maximum absolute atomic E-state index is 5.82. The molecule has 0 aromatic carbocycles. The van der Waals surface area contributed by atoms with Crippen LogP contribution in [0.3, 0.4) is 0 Å². The SMILES string of the molecule is CC(CBr)Cc1scnc1Cl. The van der Waals surface area contributed by atoms with Gasteiger partial charge in [0.25, 0.3) is 0 Å². The Morgan fingerprint density at radius 1 is 1.82 bits per heavy atom. The van der Waals surface area contributed by atoms with Gasteiger partial charge in [0.15, 0.2) is 0 Å². The van der Waals surface area contributed by atoms with E-state index in [0.717, 1.165) is 11.8 Å². The second-order valence-electron chi connectivity index (χ2n) is 2.53. The summed E-state index contributed by atoms with van der Waals surface area (Å²) in [7, 11) is 0. The predicted octanol–water partition coefficient (Wildman–Crippen LogP) is 3.37. The predicted molar refractivity (Wildman–Crippen MR) is 53.8 cm³/mol. The minimum absolute atomic E-state index is 0.632. The van der Waals surface area contributed by atoms with Crippen molar-refractivity contribution in [3.63, 3.8) is 0 Å². The van der Waals surface area contributed by atoms with E-state index in [1.807, 2.05) is 0 Å². The molecule has 1 nitrogen and oxygen atoms in total. The van der Waals surface area contributed by atoms with Gasteiger partial charge in [-0.1, -0.05) is 34.5 Å². The van der Waals surface area contributed by atoms with Gasteiger partial charge in [-0.05, 0) is 12.3 Å². The Bertz CT molecular complexity index is 226. The summed E-state index contributed by atoms with van der Waals surface area (Å²) in [5, 5.41) is 1.68. The van der Waals surface area contributed by atoms with Crippen molar-refractivity contribution in [2.24, 2.45) is 5.92 Å². The number of rotatable bonds is 3. The van der Waals surface area contributed by atoms with E-state index < -0.39 is 0 Å². The first-order chi connectivity index (χ1) is 5.24. The van der Waals surface area contributed by atoms with Gasteiger partial charge in [-0.2, -0.15) is 0 Å². The number of hydrogen-bond acceptors (Lipinski definition) is 2. The maximum Gasteiger partial charge on any atom is 0.143 e. The third-order valence-corrected chi connectivity index (χ3v) is 3.79. The van der Waals surface area contributed by atoms with E-state index >= 15 is 0 Å². The van der Waals surface area contributed by atoms with Crippen molar-refractivity contribution in [2.45, 2.75) is 13.3 Å². The summed E-state index contributed by atoms with van der Waals surface area (Å²) in [6.45, 7) is 2.19. The van der Waals surface area contributed by atoms with E-state index in [1.54, 1.807) is 16.8 Å². The molecule has 0 spiro atoms. The maximum atomic E-state index is 5.82. The lowest BCUT2D eigenvalue weighted by molar-refractivity contribution is 0.670. The van der Waals surface area contributed by atoms with Gasteiger partial charge in [0.1, 0.15) is 5.15 Å². The van der Waals surface area contributed by atoms with E-state index in [9.17, 15) is 0 Å². The van der Waals surface area contributed by atoms with Gasteiger partial charge in [0.2, 0.25) is 0 Å². The molecule has 0 saturated carbocycles. The van der Waals surface area contributed by atoms with Crippen molar-refractivity contribution >= 4 is 38.9 Å². The number of alkyl halides is 1. The van der Waals surface area contributed by atoms with Crippen molar-refractivity contribution in [2.75, 3.05) is 5.33 Å². The molecule has 0 saturated heterocycles. The standard InChI is InChI=1S/C7H9BrClNS/c1-5(3-8)2-6-7(9)10-4-11-6/h4-5H,2-3H2,1H3. The normalized spacial score (nSPS) is 13.4. The van der Waals surface area contributed by atoms with Gasteiger partial charge in [0.05, 0.1) is 5.51 Å². The molecule has 0 amide bonds. The molecule has 62 valence electrons. The van der Waals surface area contributed by atoms with Crippen LogP contribution in [0, 0.1) is 5.92 Å². The van der Waals surface area contributed by atoms with Crippen LogP contribution in [0.2, 0.25) is 5.15 Å². The monoisotopic (exact) mass is 253 g/mol. The Labute approximate surface area is 83.9 Å². The molecule has 0 aliphatic carbocycles. The van der Waals surface area contributed by atoms with Crippen LogP contribution in [0.1, 0.15) is 11.8 Å². The lowest BCUT2D eigenvalue weighted by Gasteiger charge is -2.03. The van der Waals surface area contributed by atoms with Crippen molar-refractivity contribution in [3.8, 4) is 0 Å². The van der Waals surface area contributed by atoms with Crippen LogP contribution < -0.4 is 0 Å².